The number of hydrogen-bond donors (Lipinski definition) is 1. The topological polar surface area (TPSA) is 39.1 Å². The third-order valence-corrected chi connectivity index (χ3v) is 2.36. The molecule has 1 aromatic rings. The van der Waals surface area contributed by atoms with Crippen LogP contribution in [0.4, 0.5) is 0 Å². The number of nitrogens with zero attached hydrogens (tertiary/aromatic N) is 2. The summed E-state index contributed by atoms with van der Waals surface area (Å²) in [7, 11) is 0. The standard InChI is InChI=1S/C12H23N3O/c1-2-3-11-16-12-5-6-13-8-10-15-9-4-7-14-15/h4,7,9,13H,2-3,5-6,8,10-12H2,1H3. The highest BCUT2D eigenvalue weighted by atomic mass is 16.5. The van der Waals surface area contributed by atoms with E-state index in [1.165, 1.54) is 12.8 Å². The Hall–Kier alpha value is -0.870. The zero-order valence-corrected chi connectivity index (χ0v) is 10.2. The van der Waals surface area contributed by atoms with Gasteiger partial charge in [-0.2, -0.15) is 5.10 Å². The number of aromatic nitrogens is 2. The first-order chi connectivity index (χ1) is 7.93. The average molecular weight is 225 g/mol. The van der Waals surface area contributed by atoms with E-state index in [1.54, 1.807) is 0 Å². The van der Waals surface area contributed by atoms with Crippen molar-refractivity contribution in [2.45, 2.75) is 32.7 Å². The monoisotopic (exact) mass is 225 g/mol. The average Bonchev–Trinajstić information content (AvgIpc) is 2.80. The molecule has 1 aromatic heterocycles. The van der Waals surface area contributed by atoms with Gasteiger partial charge in [-0.1, -0.05) is 13.3 Å². The Labute approximate surface area is 98.0 Å². The number of rotatable bonds is 10. The van der Waals surface area contributed by atoms with Crippen LogP contribution in [0.1, 0.15) is 26.2 Å². The normalized spacial score (nSPS) is 10.8. The summed E-state index contributed by atoms with van der Waals surface area (Å²) in [4.78, 5) is 0. The van der Waals surface area contributed by atoms with Gasteiger partial charge in [-0.3, -0.25) is 4.68 Å². The van der Waals surface area contributed by atoms with Crippen molar-refractivity contribution < 1.29 is 4.74 Å². The van der Waals surface area contributed by atoms with Crippen molar-refractivity contribution in [3.8, 4) is 0 Å². The first-order valence-corrected chi connectivity index (χ1v) is 6.19. The van der Waals surface area contributed by atoms with Gasteiger partial charge < -0.3 is 10.1 Å². The van der Waals surface area contributed by atoms with Crippen molar-refractivity contribution in [1.29, 1.82) is 0 Å². The smallest absolute Gasteiger partial charge is 0.0533 e. The molecule has 1 heterocycles. The van der Waals surface area contributed by atoms with E-state index in [9.17, 15) is 0 Å². The molecule has 0 spiro atoms. The summed E-state index contributed by atoms with van der Waals surface area (Å²) in [6.07, 6.45) is 7.26. The Morgan fingerprint density at radius 2 is 2.12 bits per heavy atom. The van der Waals surface area contributed by atoms with Crippen molar-refractivity contribution in [2.75, 3.05) is 26.3 Å². The lowest BCUT2D eigenvalue weighted by Gasteiger charge is -2.05. The summed E-state index contributed by atoms with van der Waals surface area (Å²) in [5.74, 6) is 0. The molecule has 0 saturated carbocycles. The maximum atomic E-state index is 5.47. The molecule has 0 aromatic carbocycles. The molecule has 0 radical (unpaired) electrons. The fourth-order valence-corrected chi connectivity index (χ4v) is 1.40. The zero-order valence-electron chi connectivity index (χ0n) is 10.2. The van der Waals surface area contributed by atoms with Crippen molar-refractivity contribution in [3.05, 3.63) is 18.5 Å². The van der Waals surface area contributed by atoms with Gasteiger partial charge in [0.1, 0.15) is 0 Å². The van der Waals surface area contributed by atoms with Crippen LogP contribution in [0.3, 0.4) is 0 Å². The van der Waals surface area contributed by atoms with Gasteiger partial charge >= 0.3 is 0 Å². The van der Waals surface area contributed by atoms with Gasteiger partial charge in [0.25, 0.3) is 0 Å². The summed E-state index contributed by atoms with van der Waals surface area (Å²) in [5, 5.41) is 7.51. The molecule has 1 N–H and O–H groups in total. The summed E-state index contributed by atoms with van der Waals surface area (Å²) >= 11 is 0. The molecule has 0 aliphatic heterocycles. The molecular weight excluding hydrogens is 202 g/mol. The van der Waals surface area contributed by atoms with E-state index in [2.05, 4.69) is 17.3 Å². The van der Waals surface area contributed by atoms with Gasteiger partial charge in [0.05, 0.1) is 6.54 Å². The van der Waals surface area contributed by atoms with Crippen LogP contribution < -0.4 is 5.32 Å². The molecule has 0 bridgehead atoms. The van der Waals surface area contributed by atoms with Gasteiger partial charge in [0.2, 0.25) is 0 Å². The van der Waals surface area contributed by atoms with Crippen LogP contribution in [0.2, 0.25) is 0 Å². The molecule has 0 unspecified atom stereocenters. The Balaban J connectivity index is 1.78. The third kappa shape index (κ3) is 6.58. The van der Waals surface area contributed by atoms with E-state index in [4.69, 9.17) is 4.74 Å². The predicted molar refractivity (Wildman–Crippen MR) is 65.4 cm³/mol. The van der Waals surface area contributed by atoms with Crippen LogP contribution in [0.15, 0.2) is 18.5 Å². The van der Waals surface area contributed by atoms with Crippen LogP contribution in [-0.2, 0) is 11.3 Å². The Morgan fingerprint density at radius 1 is 1.25 bits per heavy atom. The van der Waals surface area contributed by atoms with Crippen LogP contribution in [0.25, 0.3) is 0 Å². The molecule has 92 valence electrons. The molecule has 4 nitrogen and oxygen atoms in total. The number of unbranched alkanes of at least 4 members (excludes halogenated alkanes) is 1. The van der Waals surface area contributed by atoms with Crippen LogP contribution >= 0.6 is 0 Å². The first kappa shape index (κ1) is 13.2. The first-order valence-electron chi connectivity index (χ1n) is 6.19. The maximum absolute atomic E-state index is 5.47. The molecule has 0 aliphatic rings. The van der Waals surface area contributed by atoms with Crippen LogP contribution in [0.5, 0.6) is 0 Å². The van der Waals surface area contributed by atoms with Gasteiger partial charge in [-0.05, 0) is 25.5 Å². The molecular formula is C12H23N3O. The van der Waals surface area contributed by atoms with Crippen molar-refractivity contribution in [3.63, 3.8) is 0 Å². The second kappa shape index (κ2) is 9.36. The van der Waals surface area contributed by atoms with E-state index < -0.39 is 0 Å². The molecule has 0 saturated heterocycles. The number of ether oxygens (including phenoxy) is 1. The summed E-state index contributed by atoms with van der Waals surface area (Å²) in [6.45, 7) is 6.88. The highest BCUT2D eigenvalue weighted by Crippen LogP contribution is 1.89. The lowest BCUT2D eigenvalue weighted by Crippen LogP contribution is -2.22. The van der Waals surface area contributed by atoms with E-state index in [0.29, 0.717) is 0 Å². The summed E-state index contributed by atoms with van der Waals surface area (Å²) in [5.41, 5.74) is 0. The number of nitrogens with one attached hydrogen (secondary N) is 1. The van der Waals surface area contributed by atoms with Crippen molar-refractivity contribution in [2.24, 2.45) is 0 Å². The highest BCUT2D eigenvalue weighted by Gasteiger charge is 1.91. The second-order valence-corrected chi connectivity index (χ2v) is 3.84. The maximum Gasteiger partial charge on any atom is 0.0533 e. The molecule has 16 heavy (non-hydrogen) atoms. The quantitative estimate of drug-likeness (QED) is 0.616. The second-order valence-electron chi connectivity index (χ2n) is 3.84. The molecule has 0 atom stereocenters. The minimum Gasteiger partial charge on any atom is -0.381 e. The minimum absolute atomic E-state index is 0.870. The van der Waals surface area contributed by atoms with Crippen molar-refractivity contribution in [1.82, 2.24) is 15.1 Å². The lowest BCUT2D eigenvalue weighted by molar-refractivity contribution is 0.129. The zero-order chi connectivity index (χ0) is 11.5. The van der Waals surface area contributed by atoms with Gasteiger partial charge in [-0.25, -0.2) is 0 Å². The van der Waals surface area contributed by atoms with Gasteiger partial charge in [0.15, 0.2) is 0 Å². The van der Waals surface area contributed by atoms with E-state index in [-0.39, 0.29) is 0 Å². The SMILES string of the molecule is CCCCOCCCNCCn1cccn1. The van der Waals surface area contributed by atoms with E-state index >= 15 is 0 Å². The van der Waals surface area contributed by atoms with Gasteiger partial charge in [-0.15, -0.1) is 0 Å². The predicted octanol–water partition coefficient (Wildman–Crippen LogP) is 1.68. The summed E-state index contributed by atoms with van der Waals surface area (Å²) in [6, 6.07) is 1.95. The van der Waals surface area contributed by atoms with Crippen molar-refractivity contribution >= 4 is 0 Å². The third-order valence-electron chi connectivity index (χ3n) is 2.36. The van der Waals surface area contributed by atoms with E-state index in [1.807, 2.05) is 23.1 Å². The molecule has 1 rings (SSSR count). The molecule has 0 amide bonds. The van der Waals surface area contributed by atoms with E-state index in [0.717, 1.165) is 39.3 Å². The van der Waals surface area contributed by atoms with Crippen LogP contribution in [0, 0.1) is 0 Å². The molecule has 0 aliphatic carbocycles. The van der Waals surface area contributed by atoms with Crippen LogP contribution in [-0.4, -0.2) is 36.1 Å². The minimum atomic E-state index is 0.870. The fraction of sp³-hybridized carbons (Fsp3) is 0.750. The Bertz CT molecular complexity index is 236. The summed E-state index contributed by atoms with van der Waals surface area (Å²) < 4.78 is 7.40. The fourth-order valence-electron chi connectivity index (χ4n) is 1.40. The lowest BCUT2D eigenvalue weighted by atomic mass is 10.4. The molecule has 4 heteroatoms. The van der Waals surface area contributed by atoms with Gasteiger partial charge in [0, 0.05) is 32.2 Å². The largest absolute Gasteiger partial charge is 0.381 e. The Morgan fingerprint density at radius 3 is 2.88 bits per heavy atom. The number of hydrogen-bond acceptors (Lipinski definition) is 3. The Kier molecular flexibility index (Phi) is 7.72. The molecule has 0 fully saturated rings. The highest BCUT2D eigenvalue weighted by molar-refractivity contribution is 4.77.